The summed E-state index contributed by atoms with van der Waals surface area (Å²) in [5, 5.41) is 0. The lowest BCUT2D eigenvalue weighted by molar-refractivity contribution is -0.131. The van der Waals surface area contributed by atoms with Crippen molar-refractivity contribution in [2.24, 2.45) is 5.73 Å². The van der Waals surface area contributed by atoms with Gasteiger partial charge in [0.05, 0.1) is 5.75 Å². The lowest BCUT2D eigenvalue weighted by Gasteiger charge is -2.35. The van der Waals surface area contributed by atoms with E-state index in [1.54, 1.807) is 11.8 Å². The molecular weight excluding hydrogens is 280 g/mol. The SMILES string of the molecule is Cl.NCC1CCCCN1C(=O)CSc1ccccc1. The number of halogens is 1. The lowest BCUT2D eigenvalue weighted by Crippen LogP contribution is -2.48. The van der Waals surface area contributed by atoms with Gasteiger partial charge >= 0.3 is 0 Å². The van der Waals surface area contributed by atoms with Crippen molar-refractivity contribution in [2.75, 3.05) is 18.8 Å². The molecule has 1 aromatic carbocycles. The third-order valence-corrected chi connectivity index (χ3v) is 4.32. The number of amides is 1. The number of thioether (sulfide) groups is 1. The lowest BCUT2D eigenvalue weighted by atomic mass is 10.0. The molecule has 1 amide bonds. The predicted molar refractivity (Wildman–Crippen MR) is 82.8 cm³/mol. The van der Waals surface area contributed by atoms with Crippen LogP contribution in [-0.4, -0.2) is 35.7 Å². The van der Waals surface area contributed by atoms with Crippen molar-refractivity contribution in [3.63, 3.8) is 0 Å². The number of nitrogens with two attached hydrogens (primary N) is 1. The molecule has 1 aliphatic heterocycles. The van der Waals surface area contributed by atoms with Gasteiger partial charge in [-0.05, 0) is 31.4 Å². The van der Waals surface area contributed by atoms with Crippen LogP contribution < -0.4 is 5.73 Å². The second-order valence-corrected chi connectivity index (χ2v) is 5.62. The molecule has 5 heteroatoms. The Kier molecular flexibility index (Phi) is 7.28. The van der Waals surface area contributed by atoms with E-state index in [1.165, 1.54) is 6.42 Å². The largest absolute Gasteiger partial charge is 0.338 e. The number of carbonyl (C=O) groups is 1. The van der Waals surface area contributed by atoms with Gasteiger partial charge in [0.15, 0.2) is 0 Å². The summed E-state index contributed by atoms with van der Waals surface area (Å²) in [6.45, 7) is 1.46. The summed E-state index contributed by atoms with van der Waals surface area (Å²) in [5.41, 5.74) is 5.74. The zero-order valence-corrected chi connectivity index (χ0v) is 12.6. The molecule has 1 saturated heterocycles. The van der Waals surface area contributed by atoms with Gasteiger partial charge in [-0.1, -0.05) is 18.2 Å². The monoisotopic (exact) mass is 300 g/mol. The molecule has 0 radical (unpaired) electrons. The molecule has 1 atom stereocenters. The summed E-state index contributed by atoms with van der Waals surface area (Å²) < 4.78 is 0. The second kappa shape index (κ2) is 8.46. The van der Waals surface area contributed by atoms with Gasteiger partial charge in [-0.15, -0.1) is 24.2 Å². The van der Waals surface area contributed by atoms with Crippen LogP contribution in [0.3, 0.4) is 0 Å². The fraction of sp³-hybridized carbons (Fsp3) is 0.500. The zero-order valence-electron chi connectivity index (χ0n) is 11.0. The minimum absolute atomic E-state index is 0. The van der Waals surface area contributed by atoms with E-state index in [4.69, 9.17) is 5.73 Å². The van der Waals surface area contributed by atoms with Crippen LogP contribution in [-0.2, 0) is 4.79 Å². The summed E-state index contributed by atoms with van der Waals surface area (Å²) in [6.07, 6.45) is 3.36. The Labute approximate surface area is 125 Å². The predicted octanol–water partition coefficient (Wildman–Crippen LogP) is 2.54. The van der Waals surface area contributed by atoms with E-state index in [-0.39, 0.29) is 24.4 Å². The van der Waals surface area contributed by atoms with Gasteiger partial charge in [0.2, 0.25) is 5.91 Å². The highest BCUT2D eigenvalue weighted by atomic mass is 35.5. The minimum atomic E-state index is 0. The summed E-state index contributed by atoms with van der Waals surface area (Å²) in [5.74, 6) is 0.736. The molecule has 0 spiro atoms. The average molecular weight is 301 g/mol. The van der Waals surface area contributed by atoms with E-state index in [2.05, 4.69) is 0 Å². The minimum Gasteiger partial charge on any atom is -0.338 e. The van der Waals surface area contributed by atoms with E-state index < -0.39 is 0 Å². The Hall–Kier alpha value is -0.710. The summed E-state index contributed by atoms with van der Waals surface area (Å²) in [7, 11) is 0. The number of piperidine rings is 1. The Balaban J connectivity index is 0.00000180. The highest BCUT2D eigenvalue weighted by Crippen LogP contribution is 2.21. The summed E-state index contributed by atoms with van der Waals surface area (Å²) >= 11 is 1.60. The first kappa shape index (κ1) is 16.3. The molecule has 2 rings (SSSR count). The number of hydrogen-bond donors (Lipinski definition) is 1. The molecule has 106 valence electrons. The highest BCUT2D eigenvalue weighted by molar-refractivity contribution is 8.00. The quantitative estimate of drug-likeness (QED) is 0.869. The van der Waals surface area contributed by atoms with Gasteiger partial charge in [0, 0.05) is 24.0 Å². The number of rotatable bonds is 4. The third kappa shape index (κ3) is 4.71. The summed E-state index contributed by atoms with van der Waals surface area (Å²) in [4.78, 5) is 15.3. The maximum Gasteiger partial charge on any atom is 0.233 e. The standard InChI is InChI=1S/C14H20N2OS.ClH/c15-10-12-6-4-5-9-16(12)14(17)11-18-13-7-2-1-3-8-13;/h1-3,7-8,12H,4-6,9-11,15H2;1H. The molecule has 1 aromatic rings. The first-order valence-electron chi connectivity index (χ1n) is 6.48. The van der Waals surface area contributed by atoms with Crippen molar-refractivity contribution in [1.82, 2.24) is 4.90 Å². The van der Waals surface area contributed by atoms with Crippen LogP contribution in [0.25, 0.3) is 0 Å². The van der Waals surface area contributed by atoms with Crippen LogP contribution in [0.5, 0.6) is 0 Å². The van der Waals surface area contributed by atoms with E-state index in [0.717, 1.165) is 24.3 Å². The number of likely N-dealkylation sites (tertiary alicyclic amines) is 1. The topological polar surface area (TPSA) is 46.3 Å². The smallest absolute Gasteiger partial charge is 0.233 e. The molecular formula is C14H21ClN2OS. The second-order valence-electron chi connectivity index (χ2n) is 4.57. The molecule has 0 aromatic heterocycles. The maximum atomic E-state index is 12.2. The number of carbonyl (C=O) groups excluding carboxylic acids is 1. The first-order valence-corrected chi connectivity index (χ1v) is 7.47. The van der Waals surface area contributed by atoms with Gasteiger partial charge in [0.25, 0.3) is 0 Å². The van der Waals surface area contributed by atoms with Crippen LogP contribution in [0.2, 0.25) is 0 Å². The van der Waals surface area contributed by atoms with Gasteiger partial charge in [-0.2, -0.15) is 0 Å². The van der Waals surface area contributed by atoms with Gasteiger partial charge < -0.3 is 10.6 Å². The van der Waals surface area contributed by atoms with E-state index >= 15 is 0 Å². The van der Waals surface area contributed by atoms with Gasteiger partial charge in [-0.3, -0.25) is 4.79 Å². The van der Waals surface area contributed by atoms with Crippen molar-refractivity contribution in [2.45, 2.75) is 30.2 Å². The molecule has 0 aliphatic carbocycles. The fourth-order valence-electron chi connectivity index (χ4n) is 2.32. The molecule has 3 nitrogen and oxygen atoms in total. The van der Waals surface area contributed by atoms with Crippen molar-refractivity contribution < 1.29 is 4.79 Å². The maximum absolute atomic E-state index is 12.2. The summed E-state index contributed by atoms with van der Waals surface area (Å²) in [6, 6.07) is 10.3. The van der Waals surface area contributed by atoms with Crippen molar-refractivity contribution in [3.8, 4) is 0 Å². The van der Waals surface area contributed by atoms with Crippen molar-refractivity contribution >= 4 is 30.1 Å². The molecule has 1 unspecified atom stereocenters. The normalized spacial score (nSPS) is 18.8. The van der Waals surface area contributed by atoms with Gasteiger partial charge in [-0.25, -0.2) is 0 Å². The molecule has 1 heterocycles. The Morgan fingerprint density at radius 3 is 2.74 bits per heavy atom. The molecule has 1 aliphatic rings. The van der Waals surface area contributed by atoms with Crippen LogP contribution >= 0.6 is 24.2 Å². The van der Waals surface area contributed by atoms with Crippen molar-refractivity contribution in [3.05, 3.63) is 30.3 Å². The van der Waals surface area contributed by atoms with Crippen LogP contribution in [0, 0.1) is 0 Å². The van der Waals surface area contributed by atoms with Crippen LogP contribution in [0.15, 0.2) is 35.2 Å². The Morgan fingerprint density at radius 2 is 2.05 bits per heavy atom. The van der Waals surface area contributed by atoms with E-state index in [9.17, 15) is 4.79 Å². The Bertz CT molecular complexity index is 388. The fourth-order valence-corrected chi connectivity index (χ4v) is 3.12. The Morgan fingerprint density at radius 1 is 1.32 bits per heavy atom. The number of hydrogen-bond acceptors (Lipinski definition) is 3. The van der Waals surface area contributed by atoms with Crippen LogP contribution in [0.4, 0.5) is 0 Å². The zero-order chi connectivity index (χ0) is 12.8. The third-order valence-electron chi connectivity index (χ3n) is 3.33. The highest BCUT2D eigenvalue weighted by Gasteiger charge is 2.25. The molecule has 0 saturated carbocycles. The molecule has 19 heavy (non-hydrogen) atoms. The molecule has 1 fully saturated rings. The molecule has 0 bridgehead atoms. The molecule has 2 N–H and O–H groups in total. The number of benzene rings is 1. The average Bonchev–Trinajstić information content (AvgIpc) is 2.45. The van der Waals surface area contributed by atoms with E-state index in [0.29, 0.717) is 12.3 Å². The van der Waals surface area contributed by atoms with Crippen LogP contribution in [0.1, 0.15) is 19.3 Å². The van der Waals surface area contributed by atoms with Crippen molar-refractivity contribution in [1.29, 1.82) is 0 Å². The van der Waals surface area contributed by atoms with Gasteiger partial charge in [0.1, 0.15) is 0 Å². The number of nitrogens with zero attached hydrogens (tertiary/aromatic N) is 1. The van der Waals surface area contributed by atoms with E-state index in [1.807, 2.05) is 35.2 Å². The first-order chi connectivity index (χ1) is 8.81.